The predicted molar refractivity (Wildman–Crippen MR) is 113 cm³/mol. The van der Waals surface area contributed by atoms with Gasteiger partial charge in [-0.05, 0) is 49.2 Å². The van der Waals surface area contributed by atoms with Crippen LogP contribution in [0.5, 0.6) is 0 Å². The number of nitro benzene ring substituents is 1. The number of amides is 1. The number of carbonyl (C=O) groups excluding carboxylic acids is 1. The third-order valence-corrected chi connectivity index (χ3v) is 5.25. The maximum Gasteiger partial charge on any atom is 0.269 e. The van der Waals surface area contributed by atoms with Gasteiger partial charge in [0, 0.05) is 35.1 Å². The van der Waals surface area contributed by atoms with Crippen LogP contribution in [0.1, 0.15) is 35.3 Å². The zero-order valence-electron chi connectivity index (χ0n) is 16.0. The highest BCUT2D eigenvalue weighted by molar-refractivity contribution is 6.07. The molecule has 1 N–H and O–H groups in total. The normalized spacial score (nSPS) is 18.0. The molecule has 0 saturated heterocycles. The third kappa shape index (κ3) is 3.69. The molecule has 0 bridgehead atoms. The van der Waals surface area contributed by atoms with Crippen LogP contribution in [0.15, 0.2) is 78.9 Å². The highest BCUT2D eigenvalue weighted by atomic mass is 16.6. The molecule has 3 aromatic rings. The number of rotatable bonds is 4. The second-order valence-electron chi connectivity index (χ2n) is 7.19. The van der Waals surface area contributed by atoms with E-state index in [1.807, 2.05) is 66.4 Å². The van der Waals surface area contributed by atoms with Gasteiger partial charge in [-0.3, -0.25) is 14.9 Å². The van der Waals surface area contributed by atoms with Crippen molar-refractivity contribution < 1.29 is 9.72 Å². The van der Waals surface area contributed by atoms with E-state index >= 15 is 0 Å². The first-order valence-corrected chi connectivity index (χ1v) is 9.53. The van der Waals surface area contributed by atoms with Crippen LogP contribution in [0.4, 0.5) is 17.1 Å². The van der Waals surface area contributed by atoms with Crippen molar-refractivity contribution in [1.82, 2.24) is 0 Å². The van der Waals surface area contributed by atoms with Crippen molar-refractivity contribution in [3.63, 3.8) is 0 Å². The predicted octanol–water partition coefficient (Wildman–Crippen LogP) is 5.19. The zero-order chi connectivity index (χ0) is 20.4. The van der Waals surface area contributed by atoms with Crippen LogP contribution in [0, 0.1) is 10.1 Å². The Balaban J connectivity index is 1.64. The van der Waals surface area contributed by atoms with Gasteiger partial charge in [0.1, 0.15) is 0 Å². The molecule has 1 heterocycles. The number of nitrogens with zero attached hydrogens (tertiary/aromatic N) is 2. The molecule has 2 atom stereocenters. The van der Waals surface area contributed by atoms with E-state index in [2.05, 4.69) is 5.32 Å². The van der Waals surface area contributed by atoms with E-state index in [0.717, 1.165) is 23.4 Å². The van der Waals surface area contributed by atoms with Gasteiger partial charge >= 0.3 is 0 Å². The molecule has 1 aliphatic rings. The molecule has 0 saturated carbocycles. The van der Waals surface area contributed by atoms with Gasteiger partial charge in [0.2, 0.25) is 0 Å². The number of hydrogen-bond donors (Lipinski definition) is 1. The molecule has 1 amide bonds. The van der Waals surface area contributed by atoms with E-state index in [1.165, 1.54) is 12.1 Å². The second kappa shape index (κ2) is 7.75. The van der Waals surface area contributed by atoms with Crippen LogP contribution >= 0.6 is 0 Å². The van der Waals surface area contributed by atoms with Gasteiger partial charge in [-0.15, -0.1) is 0 Å². The lowest BCUT2D eigenvalue weighted by molar-refractivity contribution is -0.384. The number of nitrogens with one attached hydrogen (secondary N) is 1. The molecule has 3 aromatic carbocycles. The van der Waals surface area contributed by atoms with Crippen molar-refractivity contribution in [3.05, 3.63) is 100 Å². The summed E-state index contributed by atoms with van der Waals surface area (Å²) in [5.74, 6) is -0.0145. The number of para-hydroxylation sites is 1. The van der Waals surface area contributed by atoms with Crippen LogP contribution in [0.25, 0.3) is 0 Å². The minimum Gasteiger partial charge on any atom is -0.378 e. The molecule has 6 nitrogen and oxygen atoms in total. The van der Waals surface area contributed by atoms with Gasteiger partial charge < -0.3 is 10.2 Å². The molecule has 0 aliphatic carbocycles. The van der Waals surface area contributed by atoms with Gasteiger partial charge in [0.15, 0.2) is 0 Å². The van der Waals surface area contributed by atoms with Crippen LogP contribution in [0.2, 0.25) is 0 Å². The zero-order valence-corrected chi connectivity index (χ0v) is 16.0. The molecule has 0 spiro atoms. The highest BCUT2D eigenvalue weighted by Gasteiger charge is 2.34. The number of anilines is 2. The number of hydrogen-bond acceptors (Lipinski definition) is 4. The van der Waals surface area contributed by atoms with Gasteiger partial charge in [-0.2, -0.15) is 0 Å². The highest BCUT2D eigenvalue weighted by Crippen LogP contribution is 2.39. The number of carbonyl (C=O) groups is 1. The van der Waals surface area contributed by atoms with E-state index in [-0.39, 0.29) is 23.7 Å². The maximum atomic E-state index is 13.2. The Morgan fingerprint density at radius 3 is 2.34 bits per heavy atom. The molecule has 4 rings (SSSR count). The van der Waals surface area contributed by atoms with Crippen molar-refractivity contribution in [2.75, 3.05) is 10.2 Å². The van der Waals surface area contributed by atoms with Crippen molar-refractivity contribution in [3.8, 4) is 0 Å². The van der Waals surface area contributed by atoms with Gasteiger partial charge in [-0.25, -0.2) is 0 Å². The minimum absolute atomic E-state index is 0.00230. The molecule has 6 heteroatoms. The average molecular weight is 387 g/mol. The number of fused-ring (bicyclic) bond motifs is 1. The van der Waals surface area contributed by atoms with E-state index < -0.39 is 4.92 Å². The molecule has 29 heavy (non-hydrogen) atoms. The van der Waals surface area contributed by atoms with Gasteiger partial charge in [-0.1, -0.05) is 36.4 Å². The Hall–Kier alpha value is -3.67. The number of benzene rings is 3. The lowest BCUT2D eigenvalue weighted by Crippen LogP contribution is -2.44. The summed E-state index contributed by atoms with van der Waals surface area (Å²) in [5.41, 5.74) is 3.46. The lowest BCUT2D eigenvalue weighted by atomic mass is 9.90. The fraction of sp³-hybridized carbons (Fsp3) is 0.174. The van der Waals surface area contributed by atoms with Crippen LogP contribution in [-0.2, 0) is 0 Å². The topological polar surface area (TPSA) is 75.5 Å². The molecule has 0 fully saturated rings. The summed E-state index contributed by atoms with van der Waals surface area (Å²) in [5, 5.41) is 14.3. The van der Waals surface area contributed by atoms with Crippen molar-refractivity contribution in [2.45, 2.75) is 25.4 Å². The van der Waals surface area contributed by atoms with E-state index in [4.69, 9.17) is 0 Å². The monoisotopic (exact) mass is 387 g/mol. The molecule has 0 unspecified atom stereocenters. The summed E-state index contributed by atoms with van der Waals surface area (Å²) in [7, 11) is 0. The van der Waals surface area contributed by atoms with Gasteiger partial charge in [0.05, 0.1) is 11.0 Å². The fourth-order valence-corrected chi connectivity index (χ4v) is 3.86. The Morgan fingerprint density at radius 2 is 1.66 bits per heavy atom. The Labute approximate surface area is 168 Å². The van der Waals surface area contributed by atoms with Crippen LogP contribution < -0.4 is 10.2 Å². The summed E-state index contributed by atoms with van der Waals surface area (Å²) in [4.78, 5) is 25.5. The summed E-state index contributed by atoms with van der Waals surface area (Å²) < 4.78 is 0. The quantitative estimate of drug-likeness (QED) is 0.494. The SMILES string of the molecule is C[C@@H]1C[C@@H](Nc2ccc([N+](=O)[O-])cc2)c2ccccc2N1C(=O)c1ccccc1. The summed E-state index contributed by atoms with van der Waals surface area (Å²) in [6.45, 7) is 2.04. The molecule has 0 aromatic heterocycles. The first kappa shape index (κ1) is 18.7. The van der Waals surface area contributed by atoms with Crippen LogP contribution in [-0.4, -0.2) is 16.9 Å². The largest absolute Gasteiger partial charge is 0.378 e. The summed E-state index contributed by atoms with van der Waals surface area (Å²) >= 11 is 0. The Kier molecular flexibility index (Phi) is 4.99. The smallest absolute Gasteiger partial charge is 0.269 e. The van der Waals surface area contributed by atoms with Crippen molar-refractivity contribution >= 4 is 23.0 Å². The summed E-state index contributed by atoms with van der Waals surface area (Å²) in [6, 6.07) is 23.6. The molecule has 0 radical (unpaired) electrons. The summed E-state index contributed by atoms with van der Waals surface area (Å²) in [6.07, 6.45) is 0.729. The molecular weight excluding hydrogens is 366 g/mol. The molecule has 1 aliphatic heterocycles. The van der Waals surface area contributed by atoms with E-state index in [0.29, 0.717) is 5.56 Å². The average Bonchev–Trinajstić information content (AvgIpc) is 2.74. The second-order valence-corrected chi connectivity index (χ2v) is 7.19. The third-order valence-electron chi connectivity index (χ3n) is 5.25. The van der Waals surface area contributed by atoms with Gasteiger partial charge in [0.25, 0.3) is 11.6 Å². The van der Waals surface area contributed by atoms with Crippen molar-refractivity contribution in [1.29, 1.82) is 0 Å². The Bertz CT molecular complexity index is 1030. The van der Waals surface area contributed by atoms with E-state index in [1.54, 1.807) is 12.1 Å². The standard InChI is InChI=1S/C23H21N3O3/c1-16-15-21(24-18-11-13-19(14-12-18)26(28)29)20-9-5-6-10-22(20)25(16)23(27)17-7-3-2-4-8-17/h2-14,16,21,24H,15H2,1H3/t16-,21-/m1/s1. The first-order chi connectivity index (χ1) is 14.0. The fourth-order valence-electron chi connectivity index (χ4n) is 3.86. The van der Waals surface area contributed by atoms with E-state index in [9.17, 15) is 14.9 Å². The molecular formula is C23H21N3O3. The first-order valence-electron chi connectivity index (χ1n) is 9.53. The van der Waals surface area contributed by atoms with Crippen LogP contribution in [0.3, 0.4) is 0 Å². The number of non-ortho nitro benzene ring substituents is 1. The maximum absolute atomic E-state index is 13.2. The lowest BCUT2D eigenvalue weighted by Gasteiger charge is -2.40. The van der Waals surface area contributed by atoms with Crippen molar-refractivity contribution in [2.24, 2.45) is 0 Å². The minimum atomic E-state index is -0.408. The molecule has 146 valence electrons. The number of nitro groups is 1. The Morgan fingerprint density at radius 1 is 1.00 bits per heavy atom.